The van der Waals surface area contributed by atoms with Crippen LogP contribution in [-0.4, -0.2) is 14.9 Å². The molecule has 1 aromatic heterocycles. The van der Waals surface area contributed by atoms with E-state index in [0.717, 1.165) is 0 Å². The highest BCUT2D eigenvalue weighted by Gasteiger charge is 2.23. The van der Waals surface area contributed by atoms with E-state index in [9.17, 15) is 18.3 Å². The van der Waals surface area contributed by atoms with Crippen molar-refractivity contribution in [1.29, 1.82) is 0 Å². The SMILES string of the molecule is Cn1ncc(Br)c1C(O)c1cc(F)c(F)cc1F. The Morgan fingerprint density at radius 1 is 1.22 bits per heavy atom. The first-order valence-corrected chi connectivity index (χ1v) is 5.71. The zero-order chi connectivity index (χ0) is 13.4. The van der Waals surface area contributed by atoms with Crippen LogP contribution < -0.4 is 0 Å². The molecule has 18 heavy (non-hydrogen) atoms. The Bertz CT molecular complexity index is 581. The fourth-order valence-corrected chi connectivity index (χ4v) is 2.19. The Hall–Kier alpha value is -1.34. The van der Waals surface area contributed by atoms with E-state index < -0.39 is 23.6 Å². The first kappa shape index (κ1) is 13.1. The number of hydrogen-bond donors (Lipinski definition) is 1. The van der Waals surface area contributed by atoms with Gasteiger partial charge < -0.3 is 5.11 Å². The number of aryl methyl sites for hydroxylation is 1. The molecule has 0 saturated carbocycles. The van der Waals surface area contributed by atoms with Gasteiger partial charge in [-0.1, -0.05) is 0 Å². The van der Waals surface area contributed by atoms with Crippen LogP contribution in [0, 0.1) is 17.5 Å². The van der Waals surface area contributed by atoms with E-state index in [1.807, 2.05) is 0 Å². The number of benzene rings is 1. The van der Waals surface area contributed by atoms with Crippen molar-refractivity contribution in [2.24, 2.45) is 7.05 Å². The van der Waals surface area contributed by atoms with Crippen molar-refractivity contribution in [3.8, 4) is 0 Å². The lowest BCUT2D eigenvalue weighted by Crippen LogP contribution is -2.10. The monoisotopic (exact) mass is 320 g/mol. The molecule has 0 aliphatic heterocycles. The number of aliphatic hydroxyl groups is 1. The third kappa shape index (κ3) is 2.15. The van der Waals surface area contributed by atoms with Gasteiger partial charge in [0.25, 0.3) is 0 Å². The molecule has 3 nitrogen and oxygen atoms in total. The van der Waals surface area contributed by atoms with E-state index in [0.29, 0.717) is 16.6 Å². The summed E-state index contributed by atoms with van der Waals surface area (Å²) >= 11 is 3.14. The van der Waals surface area contributed by atoms with E-state index in [2.05, 4.69) is 21.0 Å². The summed E-state index contributed by atoms with van der Waals surface area (Å²) in [5, 5.41) is 13.9. The second-order valence-corrected chi connectivity index (χ2v) is 4.55. The summed E-state index contributed by atoms with van der Waals surface area (Å²) in [5.74, 6) is -3.54. The van der Waals surface area contributed by atoms with E-state index in [1.165, 1.54) is 10.9 Å². The van der Waals surface area contributed by atoms with Crippen LogP contribution >= 0.6 is 15.9 Å². The Kier molecular flexibility index (Phi) is 3.45. The van der Waals surface area contributed by atoms with Gasteiger partial charge in [-0.3, -0.25) is 4.68 Å². The minimum Gasteiger partial charge on any atom is -0.382 e. The number of hydrogen-bond acceptors (Lipinski definition) is 2. The maximum absolute atomic E-state index is 13.5. The van der Waals surface area contributed by atoms with Crippen LogP contribution in [0.4, 0.5) is 13.2 Å². The number of rotatable bonds is 2. The summed E-state index contributed by atoms with van der Waals surface area (Å²) in [6.07, 6.45) is -0.0296. The maximum atomic E-state index is 13.5. The molecule has 96 valence electrons. The first-order valence-electron chi connectivity index (χ1n) is 4.91. The molecular weight excluding hydrogens is 313 g/mol. The first-order chi connectivity index (χ1) is 8.41. The lowest BCUT2D eigenvalue weighted by Gasteiger charge is -2.13. The van der Waals surface area contributed by atoms with Crippen LogP contribution in [-0.2, 0) is 7.05 Å². The second kappa shape index (κ2) is 4.74. The molecular formula is C11H8BrF3N2O. The molecule has 1 atom stereocenters. The molecule has 0 amide bonds. The Balaban J connectivity index is 2.53. The average molecular weight is 321 g/mol. The highest BCUT2D eigenvalue weighted by Crippen LogP contribution is 2.30. The lowest BCUT2D eigenvalue weighted by molar-refractivity contribution is 0.203. The van der Waals surface area contributed by atoms with Gasteiger partial charge in [-0.05, 0) is 22.0 Å². The molecule has 0 bridgehead atoms. The quantitative estimate of drug-likeness (QED) is 0.864. The van der Waals surface area contributed by atoms with E-state index in [-0.39, 0.29) is 11.3 Å². The summed E-state index contributed by atoms with van der Waals surface area (Å²) in [5.41, 5.74) is -0.0990. The summed E-state index contributed by atoms with van der Waals surface area (Å²) in [4.78, 5) is 0. The highest BCUT2D eigenvalue weighted by atomic mass is 79.9. The average Bonchev–Trinajstić information content (AvgIpc) is 2.63. The van der Waals surface area contributed by atoms with E-state index >= 15 is 0 Å². The van der Waals surface area contributed by atoms with Gasteiger partial charge in [0.15, 0.2) is 11.6 Å². The molecule has 1 N–H and O–H groups in total. The molecule has 0 spiro atoms. The van der Waals surface area contributed by atoms with Crippen molar-refractivity contribution < 1.29 is 18.3 Å². The fourth-order valence-electron chi connectivity index (χ4n) is 1.62. The molecule has 0 aliphatic carbocycles. The highest BCUT2D eigenvalue weighted by molar-refractivity contribution is 9.10. The molecule has 1 heterocycles. The van der Waals surface area contributed by atoms with Gasteiger partial charge in [-0.25, -0.2) is 13.2 Å². The van der Waals surface area contributed by atoms with Crippen molar-refractivity contribution in [1.82, 2.24) is 9.78 Å². The van der Waals surface area contributed by atoms with Crippen molar-refractivity contribution in [2.75, 3.05) is 0 Å². The third-order valence-corrected chi connectivity index (χ3v) is 3.14. The molecule has 1 unspecified atom stereocenters. The van der Waals surface area contributed by atoms with Crippen molar-refractivity contribution in [3.05, 3.63) is 51.5 Å². The molecule has 1 aromatic carbocycles. The standard InChI is InChI=1S/C11H8BrF3N2O/c1-17-10(6(12)4-16-17)11(18)5-2-8(14)9(15)3-7(5)13/h2-4,11,18H,1H3. The van der Waals surface area contributed by atoms with Crippen LogP contribution in [0.1, 0.15) is 17.4 Å². The summed E-state index contributed by atoms with van der Waals surface area (Å²) < 4.78 is 41.2. The van der Waals surface area contributed by atoms with Crippen LogP contribution in [0.3, 0.4) is 0 Å². The summed E-state index contributed by atoms with van der Waals surface area (Å²) in [7, 11) is 1.54. The van der Waals surface area contributed by atoms with Gasteiger partial charge in [0.05, 0.1) is 16.4 Å². The molecule has 2 aromatic rings. The number of aliphatic hydroxyl groups excluding tert-OH is 1. The van der Waals surface area contributed by atoms with Crippen molar-refractivity contribution >= 4 is 15.9 Å². The zero-order valence-corrected chi connectivity index (χ0v) is 10.7. The molecule has 7 heteroatoms. The molecule has 0 aliphatic rings. The zero-order valence-electron chi connectivity index (χ0n) is 9.16. The second-order valence-electron chi connectivity index (χ2n) is 3.69. The minimum atomic E-state index is -1.44. The Morgan fingerprint density at radius 3 is 2.39 bits per heavy atom. The number of aromatic nitrogens is 2. The smallest absolute Gasteiger partial charge is 0.161 e. The van der Waals surface area contributed by atoms with Gasteiger partial charge >= 0.3 is 0 Å². The van der Waals surface area contributed by atoms with Crippen LogP contribution in [0.25, 0.3) is 0 Å². The van der Waals surface area contributed by atoms with Gasteiger partial charge in [0.1, 0.15) is 11.9 Å². The van der Waals surface area contributed by atoms with Crippen LogP contribution in [0.5, 0.6) is 0 Å². The molecule has 0 radical (unpaired) electrons. The van der Waals surface area contributed by atoms with Gasteiger partial charge in [0.2, 0.25) is 0 Å². The maximum Gasteiger partial charge on any atom is 0.161 e. The molecule has 0 saturated heterocycles. The van der Waals surface area contributed by atoms with Gasteiger partial charge in [-0.15, -0.1) is 0 Å². The topological polar surface area (TPSA) is 38.0 Å². The van der Waals surface area contributed by atoms with Crippen LogP contribution in [0.2, 0.25) is 0 Å². The third-order valence-electron chi connectivity index (χ3n) is 2.53. The van der Waals surface area contributed by atoms with Gasteiger partial charge in [0, 0.05) is 18.7 Å². The Morgan fingerprint density at radius 2 is 1.83 bits per heavy atom. The molecule has 0 fully saturated rings. The largest absolute Gasteiger partial charge is 0.382 e. The van der Waals surface area contributed by atoms with E-state index in [1.54, 1.807) is 7.05 Å². The lowest BCUT2D eigenvalue weighted by atomic mass is 10.1. The predicted molar refractivity (Wildman–Crippen MR) is 61.3 cm³/mol. The molecule has 2 rings (SSSR count). The number of nitrogens with zero attached hydrogens (tertiary/aromatic N) is 2. The van der Waals surface area contributed by atoms with Crippen molar-refractivity contribution in [3.63, 3.8) is 0 Å². The van der Waals surface area contributed by atoms with Crippen LogP contribution in [0.15, 0.2) is 22.8 Å². The Labute approximate surface area is 109 Å². The van der Waals surface area contributed by atoms with Crippen molar-refractivity contribution in [2.45, 2.75) is 6.10 Å². The fraction of sp³-hybridized carbons (Fsp3) is 0.182. The normalized spacial score (nSPS) is 12.8. The van der Waals surface area contributed by atoms with Gasteiger partial charge in [-0.2, -0.15) is 5.10 Å². The summed E-state index contributed by atoms with van der Waals surface area (Å²) in [6.45, 7) is 0. The predicted octanol–water partition coefficient (Wildman–Crippen LogP) is 2.68. The van der Waals surface area contributed by atoms with E-state index in [4.69, 9.17) is 0 Å². The summed E-state index contributed by atoms with van der Waals surface area (Å²) in [6, 6.07) is 1.03. The minimum absolute atomic E-state index is 0.250. The number of halogens is 4.